The van der Waals surface area contributed by atoms with E-state index in [9.17, 15) is 22.7 Å². The number of rotatable bonds is 4. The minimum Gasteiger partial charge on any atom is -0.477 e. The Bertz CT molecular complexity index is 833. The van der Waals surface area contributed by atoms with Crippen LogP contribution in [0.15, 0.2) is 41.4 Å². The molecule has 0 amide bonds. The number of carboxylic acid groups (broad SMARTS) is 1. The van der Waals surface area contributed by atoms with Gasteiger partial charge in [-0.1, -0.05) is 0 Å². The smallest absolute Gasteiger partial charge is 0.354 e. The highest BCUT2D eigenvalue weighted by Crippen LogP contribution is 2.23. The van der Waals surface area contributed by atoms with Crippen LogP contribution in [0.25, 0.3) is 5.69 Å². The van der Waals surface area contributed by atoms with Gasteiger partial charge in [0.05, 0.1) is 0 Å². The van der Waals surface area contributed by atoms with Gasteiger partial charge in [0.15, 0.2) is 5.69 Å². The molecule has 6 nitrogen and oxygen atoms in total. The van der Waals surface area contributed by atoms with Gasteiger partial charge in [0, 0.05) is 17.4 Å². The van der Waals surface area contributed by atoms with Crippen LogP contribution < -0.4 is 4.72 Å². The first-order valence-corrected chi connectivity index (χ1v) is 8.24. The standard InChI is InChI=1S/C15H17FN2O4S/c1-15(2,3)17-23(21,22)12-8-9-18(13(12)14(19)20)11-6-4-10(16)5-7-11/h4-9,17H,1-3H3,(H,19,20). The number of carbonyl (C=O) groups is 1. The number of aromatic nitrogens is 1. The first-order chi connectivity index (χ1) is 10.5. The van der Waals surface area contributed by atoms with Gasteiger partial charge in [-0.05, 0) is 51.1 Å². The van der Waals surface area contributed by atoms with Crippen molar-refractivity contribution in [2.45, 2.75) is 31.2 Å². The van der Waals surface area contributed by atoms with Crippen molar-refractivity contribution >= 4 is 16.0 Å². The molecule has 1 heterocycles. The molecule has 0 aliphatic carbocycles. The Balaban J connectivity index is 2.60. The van der Waals surface area contributed by atoms with Crippen molar-refractivity contribution in [2.24, 2.45) is 0 Å². The van der Waals surface area contributed by atoms with E-state index in [1.807, 2.05) is 0 Å². The van der Waals surface area contributed by atoms with Gasteiger partial charge < -0.3 is 9.67 Å². The van der Waals surface area contributed by atoms with E-state index >= 15 is 0 Å². The van der Waals surface area contributed by atoms with Crippen molar-refractivity contribution in [2.75, 3.05) is 0 Å². The zero-order valence-electron chi connectivity index (χ0n) is 12.9. The van der Waals surface area contributed by atoms with E-state index in [4.69, 9.17) is 0 Å². The van der Waals surface area contributed by atoms with Gasteiger partial charge in [-0.3, -0.25) is 0 Å². The van der Waals surface area contributed by atoms with Gasteiger partial charge in [-0.2, -0.15) is 0 Å². The lowest BCUT2D eigenvalue weighted by molar-refractivity contribution is 0.0683. The number of carboxylic acids is 1. The quantitative estimate of drug-likeness (QED) is 0.894. The molecule has 0 aliphatic rings. The number of nitrogens with zero attached hydrogens (tertiary/aromatic N) is 1. The van der Waals surface area contributed by atoms with Crippen molar-refractivity contribution < 1.29 is 22.7 Å². The molecule has 0 saturated carbocycles. The largest absolute Gasteiger partial charge is 0.477 e. The summed E-state index contributed by atoms with van der Waals surface area (Å²) in [5, 5.41) is 9.43. The molecule has 0 radical (unpaired) electrons. The van der Waals surface area contributed by atoms with Crippen molar-refractivity contribution in [1.29, 1.82) is 0 Å². The highest BCUT2D eigenvalue weighted by molar-refractivity contribution is 7.89. The zero-order chi connectivity index (χ0) is 17.4. The summed E-state index contributed by atoms with van der Waals surface area (Å²) < 4.78 is 41.5. The molecule has 8 heteroatoms. The molecule has 0 bridgehead atoms. The molecule has 2 rings (SSSR count). The molecule has 2 aromatic rings. The number of nitrogens with one attached hydrogen (secondary N) is 1. The molecule has 0 spiro atoms. The van der Waals surface area contributed by atoms with Crippen LogP contribution in [0.4, 0.5) is 4.39 Å². The van der Waals surface area contributed by atoms with E-state index in [-0.39, 0.29) is 4.90 Å². The molecule has 0 unspecified atom stereocenters. The number of sulfonamides is 1. The fourth-order valence-corrected chi connectivity index (χ4v) is 3.71. The van der Waals surface area contributed by atoms with Crippen LogP contribution >= 0.6 is 0 Å². The van der Waals surface area contributed by atoms with Crippen molar-refractivity contribution in [1.82, 2.24) is 9.29 Å². The predicted molar refractivity (Wildman–Crippen MR) is 82.8 cm³/mol. The Labute approximate surface area is 133 Å². The first-order valence-electron chi connectivity index (χ1n) is 6.76. The number of halogens is 1. The van der Waals surface area contributed by atoms with Gasteiger partial charge >= 0.3 is 5.97 Å². The highest BCUT2D eigenvalue weighted by Gasteiger charge is 2.30. The number of benzene rings is 1. The summed E-state index contributed by atoms with van der Waals surface area (Å²) in [5.74, 6) is -1.87. The van der Waals surface area contributed by atoms with Crippen LogP contribution in [0.2, 0.25) is 0 Å². The third kappa shape index (κ3) is 3.77. The molecular formula is C15H17FN2O4S. The molecule has 0 fully saturated rings. The lowest BCUT2D eigenvalue weighted by Gasteiger charge is -2.20. The number of hydrogen-bond donors (Lipinski definition) is 2. The maximum atomic E-state index is 13.0. The second-order valence-corrected chi connectivity index (χ2v) is 7.69. The number of hydrogen-bond acceptors (Lipinski definition) is 3. The molecule has 1 aromatic carbocycles. The normalized spacial score (nSPS) is 12.3. The van der Waals surface area contributed by atoms with E-state index < -0.39 is 33.0 Å². The van der Waals surface area contributed by atoms with Crippen LogP contribution in [0.5, 0.6) is 0 Å². The van der Waals surface area contributed by atoms with E-state index in [0.717, 1.165) is 0 Å². The Morgan fingerprint density at radius 3 is 2.22 bits per heavy atom. The average molecular weight is 340 g/mol. The molecule has 2 N–H and O–H groups in total. The Hall–Kier alpha value is -2.19. The van der Waals surface area contributed by atoms with Gasteiger partial charge in [-0.15, -0.1) is 0 Å². The molecular weight excluding hydrogens is 323 g/mol. The summed E-state index contributed by atoms with van der Waals surface area (Å²) in [5.41, 5.74) is -0.818. The maximum absolute atomic E-state index is 13.0. The Kier molecular flexibility index (Phi) is 4.32. The second-order valence-electron chi connectivity index (χ2n) is 6.04. The monoisotopic (exact) mass is 340 g/mol. The number of aromatic carboxylic acids is 1. The van der Waals surface area contributed by atoms with Crippen molar-refractivity contribution in [3.05, 3.63) is 48.0 Å². The maximum Gasteiger partial charge on any atom is 0.354 e. The molecule has 0 atom stereocenters. The third-order valence-corrected chi connectivity index (χ3v) is 4.68. The fraction of sp³-hybridized carbons (Fsp3) is 0.267. The molecule has 0 saturated heterocycles. The molecule has 23 heavy (non-hydrogen) atoms. The third-order valence-electron chi connectivity index (χ3n) is 2.89. The van der Waals surface area contributed by atoms with Gasteiger partial charge in [0.25, 0.3) is 0 Å². The van der Waals surface area contributed by atoms with Gasteiger partial charge in [0.2, 0.25) is 10.0 Å². The predicted octanol–water partition coefficient (Wildman–Crippen LogP) is 2.39. The fourth-order valence-electron chi connectivity index (χ4n) is 2.11. The first kappa shape index (κ1) is 17.2. The minimum absolute atomic E-state index is 0.343. The van der Waals surface area contributed by atoms with E-state index in [0.29, 0.717) is 5.69 Å². The Morgan fingerprint density at radius 2 is 1.74 bits per heavy atom. The summed E-state index contributed by atoms with van der Waals surface area (Å²) in [6.45, 7) is 4.96. The lowest BCUT2D eigenvalue weighted by Crippen LogP contribution is -2.40. The minimum atomic E-state index is -4.01. The summed E-state index contributed by atoms with van der Waals surface area (Å²) in [7, 11) is -4.01. The highest BCUT2D eigenvalue weighted by atomic mass is 32.2. The summed E-state index contributed by atoms with van der Waals surface area (Å²) >= 11 is 0. The zero-order valence-corrected chi connectivity index (χ0v) is 13.7. The summed E-state index contributed by atoms with van der Waals surface area (Å²) in [4.78, 5) is 11.2. The van der Waals surface area contributed by atoms with Gasteiger partial charge in [-0.25, -0.2) is 22.3 Å². The van der Waals surface area contributed by atoms with Crippen LogP contribution in [0, 0.1) is 5.82 Å². The average Bonchev–Trinajstić information content (AvgIpc) is 2.82. The van der Waals surface area contributed by atoms with Gasteiger partial charge in [0.1, 0.15) is 10.7 Å². The van der Waals surface area contributed by atoms with Crippen molar-refractivity contribution in [3.63, 3.8) is 0 Å². The van der Waals surface area contributed by atoms with E-state index in [1.165, 1.54) is 41.1 Å². The van der Waals surface area contributed by atoms with Crippen molar-refractivity contribution in [3.8, 4) is 5.69 Å². The second kappa shape index (κ2) is 5.78. The van der Waals surface area contributed by atoms with Crippen LogP contribution in [0.3, 0.4) is 0 Å². The Morgan fingerprint density at radius 1 is 1.17 bits per heavy atom. The van der Waals surface area contributed by atoms with Crippen LogP contribution in [-0.2, 0) is 10.0 Å². The van der Waals surface area contributed by atoms with E-state index in [2.05, 4.69) is 4.72 Å². The lowest BCUT2D eigenvalue weighted by atomic mass is 10.1. The molecule has 124 valence electrons. The van der Waals surface area contributed by atoms with Crippen LogP contribution in [-0.4, -0.2) is 29.6 Å². The molecule has 1 aromatic heterocycles. The topological polar surface area (TPSA) is 88.4 Å². The summed E-state index contributed by atoms with van der Waals surface area (Å²) in [6, 6.07) is 6.29. The SMILES string of the molecule is CC(C)(C)NS(=O)(=O)c1ccn(-c2ccc(F)cc2)c1C(=O)O. The van der Waals surface area contributed by atoms with Crippen LogP contribution in [0.1, 0.15) is 31.3 Å². The molecule has 0 aliphatic heterocycles. The van der Waals surface area contributed by atoms with E-state index in [1.54, 1.807) is 20.8 Å². The summed E-state index contributed by atoms with van der Waals surface area (Å²) in [6.07, 6.45) is 1.33.